The minimum absolute atomic E-state index is 0.160. The number of nitrogens with zero attached hydrogens (tertiary/aromatic N) is 3. The van der Waals surface area contributed by atoms with E-state index in [1.165, 1.54) is 12.8 Å². The fraction of sp³-hybridized carbons (Fsp3) is 0.389. The summed E-state index contributed by atoms with van der Waals surface area (Å²) in [4.78, 5) is 19.2. The van der Waals surface area contributed by atoms with E-state index >= 15 is 0 Å². The fourth-order valence-corrected chi connectivity index (χ4v) is 3.33. The van der Waals surface area contributed by atoms with Crippen LogP contribution in [0.3, 0.4) is 0 Å². The second-order valence-electron chi connectivity index (χ2n) is 6.46. The van der Waals surface area contributed by atoms with Crippen LogP contribution in [0.1, 0.15) is 30.8 Å². The summed E-state index contributed by atoms with van der Waals surface area (Å²) >= 11 is 0. The number of nitrogens with one attached hydrogen (secondary N) is 2. The van der Waals surface area contributed by atoms with Gasteiger partial charge in [-0.2, -0.15) is 4.98 Å². The van der Waals surface area contributed by atoms with Crippen molar-refractivity contribution in [3.05, 3.63) is 52.5 Å². The van der Waals surface area contributed by atoms with Crippen molar-refractivity contribution in [1.82, 2.24) is 25.0 Å². The summed E-state index contributed by atoms with van der Waals surface area (Å²) in [5.41, 5.74) is 2.30. The first-order valence-electron chi connectivity index (χ1n) is 8.64. The molecule has 130 valence electrons. The average Bonchev–Trinajstić information content (AvgIpc) is 3.35. The molecule has 7 heteroatoms. The zero-order valence-corrected chi connectivity index (χ0v) is 14.2. The van der Waals surface area contributed by atoms with Gasteiger partial charge in [-0.1, -0.05) is 17.3 Å². The van der Waals surface area contributed by atoms with Crippen LogP contribution in [-0.4, -0.2) is 32.3 Å². The zero-order valence-electron chi connectivity index (χ0n) is 14.2. The molecule has 1 aromatic carbocycles. The summed E-state index contributed by atoms with van der Waals surface area (Å²) in [6.07, 6.45) is 5.94. The first-order chi connectivity index (χ1) is 12.2. The summed E-state index contributed by atoms with van der Waals surface area (Å²) in [6.45, 7) is 2.98. The quantitative estimate of drug-likeness (QED) is 0.744. The Morgan fingerprint density at radius 2 is 2.32 bits per heavy atom. The SMILES string of the molecule is Cc1c[nH]c(=O)n1-c1cccc(-c2noc(CC[C@@H]3CCCN3)n2)c1. The highest BCUT2D eigenvalue weighted by molar-refractivity contribution is 5.58. The zero-order chi connectivity index (χ0) is 17.2. The van der Waals surface area contributed by atoms with Crippen LogP contribution in [0.2, 0.25) is 0 Å². The third-order valence-corrected chi connectivity index (χ3v) is 4.66. The largest absolute Gasteiger partial charge is 0.339 e. The number of hydrogen-bond donors (Lipinski definition) is 2. The molecule has 4 rings (SSSR count). The summed E-state index contributed by atoms with van der Waals surface area (Å²) < 4.78 is 7.01. The van der Waals surface area contributed by atoms with E-state index in [0.29, 0.717) is 17.8 Å². The van der Waals surface area contributed by atoms with Crippen molar-refractivity contribution in [3.63, 3.8) is 0 Å². The van der Waals surface area contributed by atoms with Crippen LogP contribution in [0, 0.1) is 6.92 Å². The predicted octanol–water partition coefficient (Wildman–Crippen LogP) is 2.21. The third kappa shape index (κ3) is 3.28. The van der Waals surface area contributed by atoms with E-state index < -0.39 is 0 Å². The van der Waals surface area contributed by atoms with Gasteiger partial charge in [0.2, 0.25) is 11.7 Å². The number of benzene rings is 1. The van der Waals surface area contributed by atoms with Crippen molar-refractivity contribution in [2.24, 2.45) is 0 Å². The molecule has 0 unspecified atom stereocenters. The molecular weight excluding hydrogens is 318 g/mol. The molecule has 25 heavy (non-hydrogen) atoms. The molecule has 0 aliphatic carbocycles. The summed E-state index contributed by atoms with van der Waals surface area (Å²) in [5.74, 6) is 1.21. The molecule has 0 bridgehead atoms. The van der Waals surface area contributed by atoms with Gasteiger partial charge in [0.1, 0.15) is 0 Å². The van der Waals surface area contributed by atoms with Gasteiger partial charge in [0.15, 0.2) is 0 Å². The minimum Gasteiger partial charge on any atom is -0.339 e. The second-order valence-corrected chi connectivity index (χ2v) is 6.46. The number of aryl methyl sites for hydroxylation is 2. The van der Waals surface area contributed by atoms with E-state index in [0.717, 1.165) is 36.3 Å². The van der Waals surface area contributed by atoms with Crippen LogP contribution in [-0.2, 0) is 6.42 Å². The maximum absolute atomic E-state index is 12.0. The Bertz CT molecular complexity index is 917. The molecule has 0 spiro atoms. The van der Waals surface area contributed by atoms with Gasteiger partial charge in [0.05, 0.1) is 5.69 Å². The Kier molecular flexibility index (Phi) is 4.23. The maximum Gasteiger partial charge on any atom is 0.330 e. The van der Waals surface area contributed by atoms with Crippen molar-refractivity contribution in [1.29, 1.82) is 0 Å². The van der Waals surface area contributed by atoms with E-state index in [1.54, 1.807) is 10.8 Å². The molecular formula is C18H21N5O2. The molecule has 2 aromatic heterocycles. The van der Waals surface area contributed by atoms with Gasteiger partial charge in [-0.3, -0.25) is 4.57 Å². The normalized spacial score (nSPS) is 17.2. The Morgan fingerprint density at radius 3 is 3.08 bits per heavy atom. The van der Waals surface area contributed by atoms with Crippen molar-refractivity contribution in [3.8, 4) is 17.1 Å². The summed E-state index contributed by atoms with van der Waals surface area (Å²) in [7, 11) is 0. The molecule has 1 saturated heterocycles. The van der Waals surface area contributed by atoms with Gasteiger partial charge in [0.25, 0.3) is 0 Å². The maximum atomic E-state index is 12.0. The summed E-state index contributed by atoms with van der Waals surface area (Å²) in [5, 5.41) is 7.57. The standard InChI is InChI=1S/C18H21N5O2/c1-12-11-20-18(24)23(12)15-6-2-4-13(10-15)17-21-16(25-22-17)8-7-14-5-3-9-19-14/h2,4,6,10-11,14,19H,3,5,7-9H2,1H3,(H,20,24)/t14-/m0/s1. The highest BCUT2D eigenvalue weighted by atomic mass is 16.5. The number of rotatable bonds is 5. The molecule has 1 aliphatic heterocycles. The predicted molar refractivity (Wildman–Crippen MR) is 93.8 cm³/mol. The number of hydrogen-bond acceptors (Lipinski definition) is 5. The van der Waals surface area contributed by atoms with E-state index in [4.69, 9.17) is 4.52 Å². The lowest BCUT2D eigenvalue weighted by atomic mass is 10.1. The number of H-pyrrole nitrogens is 1. The second kappa shape index (κ2) is 6.68. The third-order valence-electron chi connectivity index (χ3n) is 4.66. The first-order valence-corrected chi connectivity index (χ1v) is 8.64. The Labute approximate surface area is 145 Å². The lowest BCUT2D eigenvalue weighted by Crippen LogP contribution is -2.21. The van der Waals surface area contributed by atoms with Crippen LogP contribution < -0.4 is 11.0 Å². The molecule has 1 atom stereocenters. The topological polar surface area (TPSA) is 88.7 Å². The molecule has 0 amide bonds. The molecule has 7 nitrogen and oxygen atoms in total. The van der Waals surface area contributed by atoms with Gasteiger partial charge < -0.3 is 14.8 Å². The smallest absolute Gasteiger partial charge is 0.330 e. The van der Waals surface area contributed by atoms with Gasteiger partial charge in [-0.15, -0.1) is 0 Å². The lowest BCUT2D eigenvalue weighted by molar-refractivity contribution is 0.369. The summed E-state index contributed by atoms with van der Waals surface area (Å²) in [6, 6.07) is 8.15. The van der Waals surface area contributed by atoms with Crippen molar-refractivity contribution >= 4 is 0 Å². The van der Waals surface area contributed by atoms with E-state index in [9.17, 15) is 4.79 Å². The molecule has 1 fully saturated rings. The lowest BCUT2D eigenvalue weighted by Gasteiger charge is -2.06. The van der Waals surface area contributed by atoms with Crippen LogP contribution in [0.25, 0.3) is 17.1 Å². The van der Waals surface area contributed by atoms with E-state index in [2.05, 4.69) is 20.4 Å². The number of aromatic nitrogens is 4. The van der Waals surface area contributed by atoms with Gasteiger partial charge in [-0.25, -0.2) is 4.79 Å². The molecule has 1 aliphatic rings. The highest BCUT2D eigenvalue weighted by Crippen LogP contribution is 2.20. The van der Waals surface area contributed by atoms with E-state index in [1.807, 2.05) is 31.2 Å². The first kappa shape index (κ1) is 15.8. The van der Waals surface area contributed by atoms with Crippen LogP contribution in [0.4, 0.5) is 0 Å². The van der Waals surface area contributed by atoms with Gasteiger partial charge in [-0.05, 0) is 44.9 Å². The van der Waals surface area contributed by atoms with Crippen molar-refractivity contribution in [2.75, 3.05) is 6.54 Å². The van der Waals surface area contributed by atoms with Crippen LogP contribution >= 0.6 is 0 Å². The minimum atomic E-state index is -0.160. The molecule has 3 aromatic rings. The monoisotopic (exact) mass is 339 g/mol. The Hall–Kier alpha value is -2.67. The number of imidazole rings is 1. The number of aromatic amines is 1. The molecule has 3 heterocycles. The molecule has 0 radical (unpaired) electrons. The molecule has 0 saturated carbocycles. The molecule has 2 N–H and O–H groups in total. The average molecular weight is 339 g/mol. The van der Waals surface area contributed by atoms with Gasteiger partial charge in [0, 0.05) is 29.9 Å². The van der Waals surface area contributed by atoms with Crippen molar-refractivity contribution in [2.45, 2.75) is 38.6 Å². The van der Waals surface area contributed by atoms with Crippen LogP contribution in [0.15, 0.2) is 39.8 Å². The fourth-order valence-electron chi connectivity index (χ4n) is 3.33. The van der Waals surface area contributed by atoms with Gasteiger partial charge >= 0.3 is 5.69 Å². The van der Waals surface area contributed by atoms with E-state index in [-0.39, 0.29) is 5.69 Å². The highest BCUT2D eigenvalue weighted by Gasteiger charge is 2.16. The van der Waals surface area contributed by atoms with Crippen molar-refractivity contribution < 1.29 is 4.52 Å². The van der Waals surface area contributed by atoms with Crippen LogP contribution in [0.5, 0.6) is 0 Å². The Balaban J connectivity index is 1.54. The Morgan fingerprint density at radius 1 is 1.40 bits per heavy atom.